The lowest BCUT2D eigenvalue weighted by molar-refractivity contribution is 0.0697. The lowest BCUT2D eigenvalue weighted by Crippen LogP contribution is -1.98. The number of aromatic carboxylic acids is 1. The van der Waals surface area contributed by atoms with Crippen molar-refractivity contribution in [2.75, 3.05) is 5.43 Å². The molecule has 0 amide bonds. The Morgan fingerprint density at radius 2 is 1.70 bits per heavy atom. The standard InChI is InChI=1S/C14H10F2N2O2/c15-12-2-1-3-13(16)11(12)8-17-18-10-6-4-9(5-7-10)14(19)20/h1-8,18H,(H,19,20)/b17-8+. The second kappa shape index (κ2) is 5.92. The topological polar surface area (TPSA) is 61.7 Å². The fourth-order valence-electron chi connectivity index (χ4n) is 1.49. The molecule has 0 aromatic heterocycles. The van der Waals surface area contributed by atoms with Gasteiger partial charge in [-0.05, 0) is 36.4 Å². The van der Waals surface area contributed by atoms with E-state index in [0.717, 1.165) is 18.3 Å². The molecule has 0 unspecified atom stereocenters. The van der Waals surface area contributed by atoms with Crippen LogP contribution in [0.2, 0.25) is 0 Å². The van der Waals surface area contributed by atoms with E-state index < -0.39 is 17.6 Å². The molecule has 0 radical (unpaired) electrons. The summed E-state index contributed by atoms with van der Waals surface area (Å²) in [5.74, 6) is -2.46. The Hall–Kier alpha value is -2.76. The minimum absolute atomic E-state index is 0.139. The van der Waals surface area contributed by atoms with E-state index in [2.05, 4.69) is 10.5 Å². The highest BCUT2D eigenvalue weighted by Crippen LogP contribution is 2.11. The summed E-state index contributed by atoms with van der Waals surface area (Å²) < 4.78 is 26.6. The second-order valence-corrected chi connectivity index (χ2v) is 3.89. The summed E-state index contributed by atoms with van der Waals surface area (Å²) in [6, 6.07) is 9.31. The van der Waals surface area contributed by atoms with Crippen LogP contribution in [0.4, 0.5) is 14.5 Å². The van der Waals surface area contributed by atoms with Crippen molar-refractivity contribution >= 4 is 17.9 Å². The van der Waals surface area contributed by atoms with Crippen LogP contribution in [0.3, 0.4) is 0 Å². The molecule has 2 rings (SSSR count). The van der Waals surface area contributed by atoms with Crippen molar-refractivity contribution in [3.63, 3.8) is 0 Å². The fraction of sp³-hybridized carbons (Fsp3) is 0. The van der Waals surface area contributed by atoms with E-state index in [4.69, 9.17) is 5.11 Å². The Morgan fingerprint density at radius 3 is 2.25 bits per heavy atom. The maximum Gasteiger partial charge on any atom is 0.335 e. The van der Waals surface area contributed by atoms with Gasteiger partial charge in [-0.25, -0.2) is 13.6 Å². The van der Waals surface area contributed by atoms with E-state index in [9.17, 15) is 13.6 Å². The number of hydrogen-bond donors (Lipinski definition) is 2. The van der Waals surface area contributed by atoms with Gasteiger partial charge >= 0.3 is 5.97 Å². The molecular weight excluding hydrogens is 266 g/mol. The van der Waals surface area contributed by atoms with Gasteiger partial charge in [-0.1, -0.05) is 6.07 Å². The molecule has 4 nitrogen and oxygen atoms in total. The van der Waals surface area contributed by atoms with Crippen LogP contribution < -0.4 is 5.43 Å². The van der Waals surface area contributed by atoms with Crippen molar-refractivity contribution in [3.05, 3.63) is 65.2 Å². The molecular formula is C14H10F2N2O2. The minimum atomic E-state index is -1.03. The summed E-state index contributed by atoms with van der Waals surface area (Å²) >= 11 is 0. The van der Waals surface area contributed by atoms with Crippen LogP contribution in [0.1, 0.15) is 15.9 Å². The third-order valence-electron chi connectivity index (χ3n) is 2.52. The quantitative estimate of drug-likeness (QED) is 0.666. The number of nitrogens with one attached hydrogen (secondary N) is 1. The summed E-state index contributed by atoms with van der Waals surface area (Å²) in [6.45, 7) is 0. The van der Waals surface area contributed by atoms with Crippen molar-refractivity contribution in [2.45, 2.75) is 0 Å². The number of anilines is 1. The molecule has 6 heteroatoms. The monoisotopic (exact) mass is 276 g/mol. The number of nitrogens with zero attached hydrogens (tertiary/aromatic N) is 1. The molecule has 0 aliphatic rings. The highest BCUT2D eigenvalue weighted by molar-refractivity contribution is 5.88. The lowest BCUT2D eigenvalue weighted by atomic mass is 10.2. The van der Waals surface area contributed by atoms with Crippen LogP contribution in [-0.4, -0.2) is 17.3 Å². The maximum absolute atomic E-state index is 13.3. The van der Waals surface area contributed by atoms with Crippen LogP contribution in [0, 0.1) is 11.6 Å². The maximum atomic E-state index is 13.3. The zero-order valence-electron chi connectivity index (χ0n) is 10.2. The van der Waals surface area contributed by atoms with Gasteiger partial charge in [0.25, 0.3) is 0 Å². The van der Waals surface area contributed by atoms with Gasteiger partial charge < -0.3 is 5.11 Å². The Bertz CT molecular complexity index is 634. The van der Waals surface area contributed by atoms with E-state index in [-0.39, 0.29) is 11.1 Å². The highest BCUT2D eigenvalue weighted by atomic mass is 19.1. The molecule has 0 heterocycles. The zero-order chi connectivity index (χ0) is 14.5. The fourth-order valence-corrected chi connectivity index (χ4v) is 1.49. The Morgan fingerprint density at radius 1 is 1.10 bits per heavy atom. The highest BCUT2D eigenvalue weighted by Gasteiger charge is 2.05. The van der Waals surface area contributed by atoms with Crippen LogP contribution >= 0.6 is 0 Å². The van der Waals surface area contributed by atoms with Crippen LogP contribution in [0.25, 0.3) is 0 Å². The number of carbonyl (C=O) groups is 1. The van der Waals surface area contributed by atoms with E-state index in [1.54, 1.807) is 0 Å². The van der Waals surface area contributed by atoms with Gasteiger partial charge in [-0.3, -0.25) is 5.43 Å². The van der Waals surface area contributed by atoms with Crippen LogP contribution in [-0.2, 0) is 0 Å². The summed E-state index contributed by atoms with van der Waals surface area (Å²) in [4.78, 5) is 10.7. The summed E-state index contributed by atoms with van der Waals surface area (Å²) in [7, 11) is 0. The van der Waals surface area contributed by atoms with Crippen molar-refractivity contribution < 1.29 is 18.7 Å². The zero-order valence-corrected chi connectivity index (χ0v) is 10.2. The molecule has 0 aliphatic carbocycles. The van der Waals surface area contributed by atoms with Gasteiger partial charge in [0.1, 0.15) is 11.6 Å². The van der Waals surface area contributed by atoms with Crippen LogP contribution in [0.5, 0.6) is 0 Å². The minimum Gasteiger partial charge on any atom is -0.478 e. The normalized spacial score (nSPS) is 10.7. The summed E-state index contributed by atoms with van der Waals surface area (Å²) in [5, 5.41) is 12.4. The van der Waals surface area contributed by atoms with Gasteiger partial charge in [-0.15, -0.1) is 0 Å². The third kappa shape index (κ3) is 3.17. The first-order valence-electron chi connectivity index (χ1n) is 5.64. The number of halogens is 2. The number of hydrazone groups is 1. The summed E-state index contributed by atoms with van der Waals surface area (Å²) in [5.41, 5.74) is 2.95. The first kappa shape index (κ1) is 13.7. The van der Waals surface area contributed by atoms with Crippen molar-refractivity contribution in [2.24, 2.45) is 5.10 Å². The Kier molecular flexibility index (Phi) is 4.05. The van der Waals surface area contributed by atoms with Gasteiger partial charge in [0.15, 0.2) is 0 Å². The molecule has 0 atom stereocenters. The average molecular weight is 276 g/mol. The largest absolute Gasteiger partial charge is 0.478 e. The molecule has 20 heavy (non-hydrogen) atoms. The number of carboxylic acid groups (broad SMARTS) is 1. The second-order valence-electron chi connectivity index (χ2n) is 3.89. The van der Waals surface area contributed by atoms with Crippen LogP contribution in [0.15, 0.2) is 47.6 Å². The number of benzene rings is 2. The molecule has 0 aliphatic heterocycles. The molecule has 0 fully saturated rings. The lowest BCUT2D eigenvalue weighted by Gasteiger charge is -2.01. The SMILES string of the molecule is O=C(O)c1ccc(N/N=C/c2c(F)cccc2F)cc1. The molecule has 0 saturated heterocycles. The molecule has 102 valence electrons. The van der Waals surface area contributed by atoms with E-state index in [1.807, 2.05) is 0 Å². The molecule has 0 bridgehead atoms. The smallest absolute Gasteiger partial charge is 0.335 e. The third-order valence-corrected chi connectivity index (χ3v) is 2.52. The van der Waals surface area contributed by atoms with Gasteiger partial charge in [-0.2, -0.15) is 5.10 Å². The first-order chi connectivity index (χ1) is 9.58. The van der Waals surface area contributed by atoms with Gasteiger partial charge in [0, 0.05) is 0 Å². The van der Waals surface area contributed by atoms with E-state index in [0.29, 0.717) is 5.69 Å². The molecule has 0 saturated carbocycles. The number of hydrogen-bond acceptors (Lipinski definition) is 3. The molecule has 0 spiro atoms. The average Bonchev–Trinajstić information content (AvgIpc) is 2.42. The predicted octanol–water partition coefficient (Wildman–Crippen LogP) is 3.11. The molecule has 2 aromatic carbocycles. The van der Waals surface area contributed by atoms with E-state index in [1.165, 1.54) is 30.3 Å². The summed E-state index contributed by atoms with van der Waals surface area (Å²) in [6.07, 6.45) is 1.02. The Balaban J connectivity index is 2.08. The number of rotatable bonds is 4. The predicted molar refractivity (Wildman–Crippen MR) is 71.0 cm³/mol. The van der Waals surface area contributed by atoms with Crippen molar-refractivity contribution in [1.29, 1.82) is 0 Å². The first-order valence-corrected chi connectivity index (χ1v) is 5.64. The Labute approximate surface area is 113 Å². The van der Waals surface area contributed by atoms with Crippen molar-refractivity contribution in [3.8, 4) is 0 Å². The molecule has 2 aromatic rings. The van der Waals surface area contributed by atoms with E-state index >= 15 is 0 Å². The van der Waals surface area contributed by atoms with Gasteiger partial charge in [0.2, 0.25) is 0 Å². The van der Waals surface area contributed by atoms with Crippen molar-refractivity contribution in [1.82, 2.24) is 0 Å². The van der Waals surface area contributed by atoms with Gasteiger partial charge in [0.05, 0.1) is 23.0 Å². The molecule has 2 N–H and O–H groups in total. The number of carboxylic acids is 1.